The number of carbonyl (C=O) groups is 1. The first kappa shape index (κ1) is 16.5. The lowest BCUT2D eigenvalue weighted by atomic mass is 10.0. The third-order valence-corrected chi connectivity index (χ3v) is 6.84. The van der Waals surface area contributed by atoms with Crippen LogP contribution in [0.1, 0.15) is 32.3 Å². The van der Waals surface area contributed by atoms with Gasteiger partial charge in [-0.2, -0.15) is 0 Å². The Hall–Kier alpha value is -1.40. The molecule has 1 aromatic rings. The first-order valence-electron chi connectivity index (χ1n) is 8.01. The summed E-state index contributed by atoms with van der Waals surface area (Å²) in [5.41, 5.74) is 1.93. The van der Waals surface area contributed by atoms with E-state index < -0.39 is 10.0 Å². The summed E-state index contributed by atoms with van der Waals surface area (Å²) >= 11 is 0. The van der Waals surface area contributed by atoms with Crippen LogP contribution in [0.25, 0.3) is 0 Å². The monoisotopic (exact) mass is 336 g/mol. The van der Waals surface area contributed by atoms with Crippen LogP contribution in [0.15, 0.2) is 23.1 Å². The molecule has 126 valence electrons. The maximum atomic E-state index is 12.7. The van der Waals surface area contributed by atoms with Crippen LogP contribution >= 0.6 is 0 Å². The zero-order valence-corrected chi connectivity index (χ0v) is 15.0. The van der Waals surface area contributed by atoms with Crippen molar-refractivity contribution in [2.45, 2.75) is 38.0 Å². The Labute approximate surface area is 138 Å². The van der Waals surface area contributed by atoms with Crippen molar-refractivity contribution < 1.29 is 13.2 Å². The Morgan fingerprint density at radius 3 is 2.52 bits per heavy atom. The minimum absolute atomic E-state index is 0.0960. The Bertz CT molecular complexity index is 753. The van der Waals surface area contributed by atoms with Crippen LogP contribution in [0.5, 0.6) is 0 Å². The van der Waals surface area contributed by atoms with Crippen molar-refractivity contribution in [3.05, 3.63) is 23.8 Å². The molecule has 1 aliphatic heterocycles. The molecule has 1 saturated carbocycles. The van der Waals surface area contributed by atoms with Crippen LogP contribution in [-0.4, -0.2) is 39.3 Å². The highest BCUT2D eigenvalue weighted by Gasteiger charge is 2.52. The van der Waals surface area contributed by atoms with E-state index in [2.05, 4.69) is 13.8 Å². The molecule has 5 nitrogen and oxygen atoms in total. The highest BCUT2D eigenvalue weighted by molar-refractivity contribution is 7.89. The lowest BCUT2D eigenvalue weighted by molar-refractivity contribution is -0.120. The first-order chi connectivity index (χ1) is 10.6. The van der Waals surface area contributed by atoms with Gasteiger partial charge >= 0.3 is 0 Å². The zero-order valence-electron chi connectivity index (χ0n) is 14.2. The van der Waals surface area contributed by atoms with E-state index in [1.165, 1.54) is 18.4 Å². The maximum Gasteiger partial charge on any atom is 0.242 e. The molecule has 1 aromatic carbocycles. The Morgan fingerprint density at radius 2 is 1.96 bits per heavy atom. The van der Waals surface area contributed by atoms with Gasteiger partial charge in [-0.05, 0) is 48.4 Å². The number of carbonyl (C=O) groups excluding carboxylic acids is 1. The molecule has 1 amide bonds. The van der Waals surface area contributed by atoms with Gasteiger partial charge in [0.05, 0.1) is 4.90 Å². The van der Waals surface area contributed by atoms with Gasteiger partial charge in [0.2, 0.25) is 15.9 Å². The molecule has 0 radical (unpaired) electrons. The molecule has 23 heavy (non-hydrogen) atoms. The fourth-order valence-corrected chi connectivity index (χ4v) is 4.20. The molecule has 1 heterocycles. The average molecular weight is 336 g/mol. The Balaban J connectivity index is 1.94. The fourth-order valence-electron chi connectivity index (χ4n) is 3.25. The van der Waals surface area contributed by atoms with Gasteiger partial charge < -0.3 is 4.90 Å². The number of fused-ring (bicyclic) bond motifs is 1. The van der Waals surface area contributed by atoms with Crippen molar-refractivity contribution in [1.29, 1.82) is 0 Å². The van der Waals surface area contributed by atoms with E-state index in [1.807, 2.05) is 4.90 Å². The zero-order chi connectivity index (χ0) is 17.0. The first-order valence-corrected chi connectivity index (χ1v) is 9.45. The largest absolute Gasteiger partial charge is 0.312 e. The molecule has 1 fully saturated rings. The lowest BCUT2D eigenvalue weighted by Crippen LogP contribution is -2.37. The van der Waals surface area contributed by atoms with E-state index in [0.29, 0.717) is 4.90 Å². The molecule has 3 rings (SSSR count). The predicted octanol–water partition coefficient (Wildman–Crippen LogP) is 2.26. The summed E-state index contributed by atoms with van der Waals surface area (Å²) in [6.07, 6.45) is 2.62. The summed E-state index contributed by atoms with van der Waals surface area (Å²) in [5, 5.41) is 0. The van der Waals surface area contributed by atoms with E-state index in [4.69, 9.17) is 0 Å². The van der Waals surface area contributed by atoms with Gasteiger partial charge in [0.15, 0.2) is 0 Å². The topological polar surface area (TPSA) is 57.7 Å². The second-order valence-corrected chi connectivity index (χ2v) is 9.57. The molecule has 0 unspecified atom stereocenters. The number of hydrogen-bond acceptors (Lipinski definition) is 3. The molecule has 1 aliphatic carbocycles. The van der Waals surface area contributed by atoms with Crippen LogP contribution < -0.4 is 4.90 Å². The maximum absolute atomic E-state index is 12.7. The standard InChI is InChI=1S/C17H24N2O3S/c1-17(2)11-14(17)16(20)19-9-5-6-12-10-13(7-8-15(12)19)23(21,22)18(3)4/h7-8,10,14H,5-6,9,11H2,1-4H3/t14-/m0/s1. The van der Waals surface area contributed by atoms with Crippen molar-refractivity contribution in [2.24, 2.45) is 11.3 Å². The quantitative estimate of drug-likeness (QED) is 0.851. The molecule has 6 heteroatoms. The average Bonchev–Trinajstić information content (AvgIpc) is 3.13. The summed E-state index contributed by atoms with van der Waals surface area (Å²) in [5.74, 6) is 0.276. The summed E-state index contributed by atoms with van der Waals surface area (Å²) in [6.45, 7) is 4.96. The summed E-state index contributed by atoms with van der Waals surface area (Å²) in [4.78, 5) is 14.9. The second kappa shape index (κ2) is 5.31. The molecule has 1 atom stereocenters. The van der Waals surface area contributed by atoms with Crippen molar-refractivity contribution in [2.75, 3.05) is 25.5 Å². The van der Waals surface area contributed by atoms with E-state index in [-0.39, 0.29) is 17.2 Å². The molecule has 2 aliphatic rings. The van der Waals surface area contributed by atoms with Gasteiger partial charge in [0.1, 0.15) is 0 Å². The number of aryl methyl sites for hydroxylation is 1. The molecular formula is C17H24N2O3S. The lowest BCUT2D eigenvalue weighted by Gasteiger charge is -2.30. The number of hydrogen-bond donors (Lipinski definition) is 0. The van der Waals surface area contributed by atoms with Crippen molar-refractivity contribution in [3.8, 4) is 0 Å². The SMILES string of the molecule is CN(C)S(=O)(=O)c1ccc2c(c1)CCCN2C(=O)[C@@H]1CC1(C)C. The van der Waals surface area contributed by atoms with Crippen LogP contribution in [0.2, 0.25) is 0 Å². The van der Waals surface area contributed by atoms with Gasteiger partial charge in [-0.1, -0.05) is 13.8 Å². The molecule has 0 aromatic heterocycles. The van der Waals surface area contributed by atoms with E-state index in [9.17, 15) is 13.2 Å². The summed E-state index contributed by atoms with van der Waals surface area (Å²) in [7, 11) is -0.386. The van der Waals surface area contributed by atoms with Gasteiger partial charge in [0.25, 0.3) is 0 Å². The highest BCUT2D eigenvalue weighted by Crippen LogP contribution is 2.53. The summed E-state index contributed by atoms with van der Waals surface area (Å²) < 4.78 is 25.8. The van der Waals surface area contributed by atoms with Gasteiger partial charge in [0, 0.05) is 32.2 Å². The molecule has 0 bridgehead atoms. The van der Waals surface area contributed by atoms with Crippen LogP contribution in [0.4, 0.5) is 5.69 Å². The fraction of sp³-hybridized carbons (Fsp3) is 0.588. The molecule has 0 N–H and O–H groups in total. The van der Waals surface area contributed by atoms with Gasteiger partial charge in [-0.25, -0.2) is 12.7 Å². The van der Waals surface area contributed by atoms with Crippen molar-refractivity contribution in [1.82, 2.24) is 4.31 Å². The van der Waals surface area contributed by atoms with Crippen LogP contribution in [-0.2, 0) is 21.2 Å². The molecule has 0 spiro atoms. The number of anilines is 1. The number of benzene rings is 1. The van der Waals surface area contributed by atoms with Gasteiger partial charge in [-0.15, -0.1) is 0 Å². The van der Waals surface area contributed by atoms with Gasteiger partial charge in [-0.3, -0.25) is 4.79 Å². The number of rotatable bonds is 3. The minimum Gasteiger partial charge on any atom is -0.312 e. The third kappa shape index (κ3) is 2.78. The van der Waals surface area contributed by atoms with E-state index in [0.717, 1.165) is 37.1 Å². The third-order valence-electron chi connectivity index (χ3n) is 5.03. The number of amides is 1. The van der Waals surface area contributed by atoms with Crippen molar-refractivity contribution in [3.63, 3.8) is 0 Å². The summed E-state index contributed by atoms with van der Waals surface area (Å²) in [6, 6.07) is 5.12. The number of nitrogens with zero attached hydrogens (tertiary/aromatic N) is 2. The molecular weight excluding hydrogens is 312 g/mol. The second-order valence-electron chi connectivity index (χ2n) is 7.42. The minimum atomic E-state index is -3.44. The number of sulfonamides is 1. The van der Waals surface area contributed by atoms with Crippen LogP contribution in [0.3, 0.4) is 0 Å². The normalized spacial score (nSPS) is 22.8. The highest BCUT2D eigenvalue weighted by atomic mass is 32.2. The Kier molecular flexibility index (Phi) is 3.80. The van der Waals surface area contributed by atoms with E-state index in [1.54, 1.807) is 18.2 Å². The molecule has 0 saturated heterocycles. The van der Waals surface area contributed by atoms with Crippen LogP contribution in [0, 0.1) is 11.3 Å². The van der Waals surface area contributed by atoms with E-state index >= 15 is 0 Å². The Morgan fingerprint density at radius 1 is 1.30 bits per heavy atom. The van der Waals surface area contributed by atoms with Crippen molar-refractivity contribution >= 4 is 21.6 Å². The smallest absolute Gasteiger partial charge is 0.242 e. The predicted molar refractivity (Wildman–Crippen MR) is 89.9 cm³/mol.